The van der Waals surface area contributed by atoms with Crippen LogP contribution >= 0.6 is 0 Å². The van der Waals surface area contributed by atoms with Gasteiger partial charge in [0.1, 0.15) is 5.82 Å². The van der Waals surface area contributed by atoms with Gasteiger partial charge in [-0.15, -0.1) is 0 Å². The Kier molecular flexibility index (Phi) is 4.05. The summed E-state index contributed by atoms with van der Waals surface area (Å²) >= 11 is 0. The van der Waals surface area contributed by atoms with Gasteiger partial charge in [0.25, 0.3) is 0 Å². The molecule has 0 spiro atoms. The van der Waals surface area contributed by atoms with Gasteiger partial charge in [0.15, 0.2) is 0 Å². The molecule has 0 amide bonds. The van der Waals surface area contributed by atoms with Crippen molar-refractivity contribution in [1.82, 2.24) is 15.3 Å². The van der Waals surface area contributed by atoms with Gasteiger partial charge in [0.2, 0.25) is 5.95 Å². The minimum Gasteiger partial charge on any atom is -0.368 e. The predicted molar refractivity (Wildman–Crippen MR) is 81.9 cm³/mol. The number of aromatic nitrogens is 2. The largest absolute Gasteiger partial charge is 0.368 e. The fourth-order valence-corrected chi connectivity index (χ4v) is 3.37. The highest BCUT2D eigenvalue weighted by Gasteiger charge is 2.23. The second kappa shape index (κ2) is 5.95. The molecule has 1 atom stereocenters. The molecule has 0 radical (unpaired) electrons. The Bertz CT molecular complexity index is 456. The quantitative estimate of drug-likeness (QED) is 0.882. The molecule has 1 aliphatic heterocycles. The number of nitrogens with one attached hydrogen (secondary N) is 1. The molecule has 1 aromatic rings. The Morgan fingerprint density at radius 3 is 2.90 bits per heavy atom. The summed E-state index contributed by atoms with van der Waals surface area (Å²) in [5, 5.41) is 3.54. The topological polar surface area (TPSA) is 67.1 Å². The van der Waals surface area contributed by atoms with Crippen molar-refractivity contribution in [1.29, 1.82) is 0 Å². The van der Waals surface area contributed by atoms with Crippen LogP contribution in [0.1, 0.15) is 50.6 Å². The summed E-state index contributed by atoms with van der Waals surface area (Å²) in [6, 6.07) is 2.72. The summed E-state index contributed by atoms with van der Waals surface area (Å²) in [6.07, 6.45) is 6.27. The highest BCUT2D eigenvalue weighted by Crippen LogP contribution is 2.34. The zero-order valence-corrected chi connectivity index (χ0v) is 12.3. The van der Waals surface area contributed by atoms with E-state index in [0.29, 0.717) is 17.9 Å². The highest BCUT2D eigenvalue weighted by molar-refractivity contribution is 5.45. The maximum Gasteiger partial charge on any atom is 0.222 e. The van der Waals surface area contributed by atoms with Crippen LogP contribution in [0, 0.1) is 0 Å². The third-order valence-corrected chi connectivity index (χ3v) is 4.60. The molecule has 2 heterocycles. The molecule has 5 nitrogen and oxygen atoms in total. The lowest BCUT2D eigenvalue weighted by atomic mass is 10.0. The van der Waals surface area contributed by atoms with Gasteiger partial charge in [0.05, 0.1) is 5.69 Å². The second-order valence-electron chi connectivity index (χ2n) is 6.00. The van der Waals surface area contributed by atoms with Crippen LogP contribution in [0.15, 0.2) is 6.07 Å². The Labute approximate surface area is 121 Å². The zero-order valence-electron chi connectivity index (χ0n) is 12.3. The molecule has 20 heavy (non-hydrogen) atoms. The lowest BCUT2D eigenvalue weighted by Crippen LogP contribution is -2.50. The van der Waals surface area contributed by atoms with Crippen molar-refractivity contribution in [2.24, 2.45) is 0 Å². The summed E-state index contributed by atoms with van der Waals surface area (Å²) < 4.78 is 0. The van der Waals surface area contributed by atoms with Crippen molar-refractivity contribution in [2.45, 2.75) is 51.0 Å². The monoisotopic (exact) mass is 275 g/mol. The van der Waals surface area contributed by atoms with Gasteiger partial charge >= 0.3 is 0 Å². The van der Waals surface area contributed by atoms with Crippen molar-refractivity contribution in [3.63, 3.8) is 0 Å². The first kappa shape index (κ1) is 13.6. The molecule has 2 aliphatic rings. The van der Waals surface area contributed by atoms with E-state index in [1.165, 1.54) is 25.7 Å². The summed E-state index contributed by atoms with van der Waals surface area (Å²) in [7, 11) is 0. The van der Waals surface area contributed by atoms with E-state index in [4.69, 9.17) is 5.73 Å². The number of anilines is 2. The number of nitrogens with two attached hydrogens (primary N) is 1. The first-order chi connectivity index (χ1) is 9.76. The molecule has 1 unspecified atom stereocenters. The maximum absolute atomic E-state index is 5.94. The molecule has 1 aromatic heterocycles. The molecule has 5 heteroatoms. The molecule has 3 N–H and O–H groups in total. The minimum absolute atomic E-state index is 0.427. The third-order valence-electron chi connectivity index (χ3n) is 4.60. The Morgan fingerprint density at radius 1 is 1.35 bits per heavy atom. The van der Waals surface area contributed by atoms with Crippen LogP contribution in [0.25, 0.3) is 0 Å². The van der Waals surface area contributed by atoms with Crippen molar-refractivity contribution >= 4 is 11.8 Å². The summed E-state index contributed by atoms with van der Waals surface area (Å²) in [6.45, 7) is 5.24. The van der Waals surface area contributed by atoms with Gasteiger partial charge in [-0.05, 0) is 19.3 Å². The van der Waals surface area contributed by atoms with Crippen LogP contribution in [0.5, 0.6) is 0 Å². The van der Waals surface area contributed by atoms with E-state index < -0.39 is 0 Å². The highest BCUT2D eigenvalue weighted by atomic mass is 15.3. The molecular formula is C15H25N5. The summed E-state index contributed by atoms with van der Waals surface area (Å²) in [5.41, 5.74) is 7.09. The van der Waals surface area contributed by atoms with Gasteiger partial charge in [-0.1, -0.05) is 19.8 Å². The molecule has 3 rings (SSSR count). The standard InChI is InChI=1S/C15H25N5/c1-2-12-10-20(8-7-17-12)14-9-13(18-15(16)19-14)11-5-3-4-6-11/h9,11-12,17H,2-8,10H2,1H3,(H2,16,18,19). The zero-order chi connectivity index (χ0) is 13.9. The number of rotatable bonds is 3. The molecule has 110 valence electrons. The SMILES string of the molecule is CCC1CN(c2cc(C3CCCC3)nc(N)n2)CCN1. The third kappa shape index (κ3) is 2.87. The molecule has 1 saturated carbocycles. The lowest BCUT2D eigenvalue weighted by molar-refractivity contribution is 0.445. The summed E-state index contributed by atoms with van der Waals surface area (Å²) in [4.78, 5) is 11.3. The van der Waals surface area contributed by atoms with Crippen LogP contribution in [0.3, 0.4) is 0 Å². The van der Waals surface area contributed by atoms with E-state index in [1.54, 1.807) is 0 Å². The molecule has 1 saturated heterocycles. The second-order valence-corrected chi connectivity index (χ2v) is 6.00. The number of hydrogen-bond acceptors (Lipinski definition) is 5. The molecular weight excluding hydrogens is 250 g/mol. The first-order valence-electron chi connectivity index (χ1n) is 7.89. The maximum atomic E-state index is 5.94. The van der Waals surface area contributed by atoms with E-state index in [2.05, 4.69) is 33.2 Å². The fourth-order valence-electron chi connectivity index (χ4n) is 3.37. The predicted octanol–water partition coefficient (Wildman–Crippen LogP) is 1.90. The van der Waals surface area contributed by atoms with Gasteiger partial charge in [-0.3, -0.25) is 0 Å². The Balaban J connectivity index is 1.81. The molecule has 0 aromatic carbocycles. The van der Waals surface area contributed by atoms with Crippen LogP contribution in [0.2, 0.25) is 0 Å². The molecule has 2 fully saturated rings. The van der Waals surface area contributed by atoms with Crippen molar-refractivity contribution < 1.29 is 0 Å². The van der Waals surface area contributed by atoms with E-state index in [0.717, 1.165) is 37.6 Å². The number of nitrogens with zero attached hydrogens (tertiary/aromatic N) is 3. The van der Waals surface area contributed by atoms with Gasteiger partial charge in [0, 0.05) is 37.7 Å². The normalized spacial score (nSPS) is 24.2. The average Bonchev–Trinajstić information content (AvgIpc) is 3.01. The number of piperazine rings is 1. The minimum atomic E-state index is 0.427. The fraction of sp³-hybridized carbons (Fsp3) is 0.733. The number of hydrogen-bond donors (Lipinski definition) is 2. The van der Waals surface area contributed by atoms with Crippen molar-refractivity contribution in [2.75, 3.05) is 30.3 Å². The smallest absolute Gasteiger partial charge is 0.222 e. The van der Waals surface area contributed by atoms with Crippen LogP contribution in [-0.4, -0.2) is 35.6 Å². The van der Waals surface area contributed by atoms with Crippen molar-refractivity contribution in [3.05, 3.63) is 11.8 Å². The van der Waals surface area contributed by atoms with E-state index >= 15 is 0 Å². The van der Waals surface area contributed by atoms with E-state index in [1.807, 2.05) is 0 Å². The number of nitrogen functional groups attached to an aromatic ring is 1. The van der Waals surface area contributed by atoms with Gasteiger partial charge in [-0.25, -0.2) is 4.98 Å². The van der Waals surface area contributed by atoms with Crippen molar-refractivity contribution in [3.8, 4) is 0 Å². The Morgan fingerprint density at radius 2 is 2.15 bits per heavy atom. The first-order valence-corrected chi connectivity index (χ1v) is 7.89. The van der Waals surface area contributed by atoms with E-state index in [-0.39, 0.29) is 0 Å². The average molecular weight is 275 g/mol. The van der Waals surface area contributed by atoms with Crippen LogP contribution < -0.4 is 16.0 Å². The van der Waals surface area contributed by atoms with Crippen LogP contribution in [0.4, 0.5) is 11.8 Å². The molecule has 1 aliphatic carbocycles. The van der Waals surface area contributed by atoms with Crippen LogP contribution in [-0.2, 0) is 0 Å². The molecule has 0 bridgehead atoms. The van der Waals surface area contributed by atoms with Gasteiger partial charge in [-0.2, -0.15) is 4.98 Å². The van der Waals surface area contributed by atoms with E-state index in [9.17, 15) is 0 Å². The lowest BCUT2D eigenvalue weighted by Gasteiger charge is -2.34. The Hall–Kier alpha value is -1.36. The van der Waals surface area contributed by atoms with Gasteiger partial charge < -0.3 is 16.0 Å². The summed E-state index contributed by atoms with van der Waals surface area (Å²) in [5.74, 6) is 2.03.